The molecule has 31 heavy (non-hydrogen) atoms. The van der Waals surface area contributed by atoms with Crippen LogP contribution in [0.1, 0.15) is 17.7 Å². The van der Waals surface area contributed by atoms with Crippen LogP contribution in [-0.4, -0.2) is 58.4 Å². The summed E-state index contributed by atoms with van der Waals surface area (Å²) in [7, 11) is 3.46. The summed E-state index contributed by atoms with van der Waals surface area (Å²) >= 11 is 1.56. The van der Waals surface area contributed by atoms with E-state index in [2.05, 4.69) is 5.32 Å². The Bertz CT molecular complexity index is 890. The molecule has 2 atom stereocenters. The molecule has 1 amide bonds. The highest BCUT2D eigenvalue weighted by Crippen LogP contribution is 2.46. The third kappa shape index (κ3) is 5.58. The van der Waals surface area contributed by atoms with Crippen LogP contribution in [0.5, 0.6) is 5.75 Å². The molecule has 0 saturated heterocycles. The summed E-state index contributed by atoms with van der Waals surface area (Å²) in [5.74, 6) is 0.0591. The highest BCUT2D eigenvalue weighted by Gasteiger charge is 2.39. The molecule has 166 valence electrons. The lowest BCUT2D eigenvalue weighted by atomic mass is 10.1. The van der Waals surface area contributed by atoms with Crippen molar-refractivity contribution in [1.82, 2.24) is 5.32 Å². The number of anilines is 1. The number of ether oxygens (including phenoxy) is 3. The van der Waals surface area contributed by atoms with Crippen molar-refractivity contribution in [3.8, 4) is 5.75 Å². The molecule has 0 aliphatic carbocycles. The summed E-state index contributed by atoms with van der Waals surface area (Å²) in [4.78, 5) is 28.4. The molecule has 2 unspecified atom stereocenters. The molecule has 0 fully saturated rings. The van der Waals surface area contributed by atoms with E-state index in [1.165, 1.54) is 0 Å². The summed E-state index contributed by atoms with van der Waals surface area (Å²) < 4.78 is 16.2. The smallest absolute Gasteiger partial charge is 0.332 e. The van der Waals surface area contributed by atoms with Gasteiger partial charge in [-0.3, -0.25) is 4.79 Å². The zero-order valence-electron chi connectivity index (χ0n) is 18.0. The summed E-state index contributed by atoms with van der Waals surface area (Å²) in [5.41, 5.74) is 1.76. The van der Waals surface area contributed by atoms with E-state index in [9.17, 15) is 9.59 Å². The van der Waals surface area contributed by atoms with Gasteiger partial charge >= 0.3 is 5.97 Å². The lowest BCUT2D eigenvalue weighted by Gasteiger charge is -2.28. The van der Waals surface area contributed by atoms with Crippen LogP contribution in [0.2, 0.25) is 0 Å². The van der Waals surface area contributed by atoms with E-state index >= 15 is 0 Å². The van der Waals surface area contributed by atoms with Gasteiger partial charge in [-0.05, 0) is 43.8 Å². The van der Waals surface area contributed by atoms with Gasteiger partial charge in [0.25, 0.3) is 5.91 Å². The number of carbonyl (C=O) groups is 2. The van der Waals surface area contributed by atoms with Gasteiger partial charge in [0.15, 0.2) is 6.10 Å². The number of thioether (sulfide) groups is 1. The molecule has 0 bridgehead atoms. The van der Waals surface area contributed by atoms with Crippen LogP contribution in [-0.2, 0) is 19.1 Å². The average Bonchev–Trinajstić information content (AvgIpc) is 2.90. The molecule has 0 aromatic heterocycles. The predicted octanol–water partition coefficient (Wildman–Crippen LogP) is 3.04. The minimum atomic E-state index is -0.855. The molecule has 8 heteroatoms. The number of hydrogen-bond acceptors (Lipinski definition) is 7. The second-order valence-electron chi connectivity index (χ2n) is 6.91. The number of hydrogen-bond donors (Lipinski definition) is 1. The first kappa shape index (κ1) is 23.1. The number of esters is 1. The minimum absolute atomic E-state index is 0.183. The second kappa shape index (κ2) is 11.2. The molecule has 0 radical (unpaired) electrons. The fraction of sp³-hybridized carbons (Fsp3) is 0.391. The van der Waals surface area contributed by atoms with Gasteiger partial charge in [-0.2, -0.15) is 0 Å². The molecule has 1 heterocycles. The number of methoxy groups -OCH3 is 1. The van der Waals surface area contributed by atoms with Gasteiger partial charge in [0.05, 0.1) is 24.7 Å². The largest absolute Gasteiger partial charge is 0.497 e. The Labute approximate surface area is 187 Å². The Kier molecular flexibility index (Phi) is 8.34. The maximum Gasteiger partial charge on any atom is 0.332 e. The van der Waals surface area contributed by atoms with Gasteiger partial charge in [0.1, 0.15) is 12.4 Å². The van der Waals surface area contributed by atoms with Crippen LogP contribution in [0.3, 0.4) is 0 Å². The number of amides is 1. The van der Waals surface area contributed by atoms with Gasteiger partial charge in [0.2, 0.25) is 0 Å². The number of nitrogens with one attached hydrogen (secondary N) is 1. The fourth-order valence-corrected chi connectivity index (χ4v) is 4.73. The number of para-hydroxylation sites is 1. The van der Waals surface area contributed by atoms with E-state index < -0.39 is 12.1 Å². The van der Waals surface area contributed by atoms with Crippen LogP contribution >= 0.6 is 11.8 Å². The van der Waals surface area contributed by atoms with Crippen LogP contribution in [0.4, 0.5) is 5.69 Å². The molecule has 1 aliphatic heterocycles. The maximum absolute atomic E-state index is 13.7. The van der Waals surface area contributed by atoms with E-state index in [0.717, 1.165) is 21.9 Å². The number of likely N-dealkylation sites (N-methyl/N-ethyl adjacent to an activating group) is 1. The van der Waals surface area contributed by atoms with Crippen LogP contribution < -0.4 is 15.0 Å². The highest BCUT2D eigenvalue weighted by molar-refractivity contribution is 7.99. The second-order valence-corrected chi connectivity index (χ2v) is 8.09. The number of carbonyl (C=O) groups excluding carboxylic acids is 2. The third-order valence-electron chi connectivity index (χ3n) is 4.91. The van der Waals surface area contributed by atoms with E-state index in [0.29, 0.717) is 13.1 Å². The number of rotatable bonds is 9. The van der Waals surface area contributed by atoms with E-state index in [4.69, 9.17) is 14.2 Å². The number of nitrogens with zero attached hydrogens (tertiary/aromatic N) is 1. The zero-order valence-corrected chi connectivity index (χ0v) is 18.8. The molecular formula is C23H28N2O5S. The van der Waals surface area contributed by atoms with Gasteiger partial charge < -0.3 is 24.4 Å². The van der Waals surface area contributed by atoms with Gasteiger partial charge in [-0.1, -0.05) is 24.3 Å². The minimum Gasteiger partial charge on any atom is -0.497 e. The van der Waals surface area contributed by atoms with Gasteiger partial charge in [-0.15, -0.1) is 11.8 Å². The average molecular weight is 445 g/mol. The molecule has 2 aromatic rings. The van der Waals surface area contributed by atoms with Crippen LogP contribution in [0, 0.1) is 0 Å². The van der Waals surface area contributed by atoms with E-state index in [-0.39, 0.29) is 24.4 Å². The van der Waals surface area contributed by atoms with E-state index in [1.807, 2.05) is 55.6 Å². The monoisotopic (exact) mass is 444 g/mol. The predicted molar refractivity (Wildman–Crippen MR) is 121 cm³/mol. The Hall–Kier alpha value is -2.55. The third-order valence-corrected chi connectivity index (χ3v) is 6.28. The molecular weight excluding hydrogens is 416 g/mol. The quantitative estimate of drug-likeness (QED) is 0.596. The molecule has 0 saturated carbocycles. The first-order chi connectivity index (χ1) is 15.1. The Morgan fingerprint density at radius 3 is 2.58 bits per heavy atom. The van der Waals surface area contributed by atoms with Crippen molar-refractivity contribution in [3.05, 3.63) is 54.1 Å². The summed E-state index contributed by atoms with van der Waals surface area (Å²) in [6.07, 6.45) is -0.855. The Balaban J connectivity index is 2.00. The Morgan fingerprint density at radius 1 is 1.16 bits per heavy atom. The van der Waals surface area contributed by atoms with Crippen molar-refractivity contribution in [1.29, 1.82) is 0 Å². The lowest BCUT2D eigenvalue weighted by Crippen LogP contribution is -2.45. The van der Waals surface area contributed by atoms with Crippen molar-refractivity contribution in [2.24, 2.45) is 0 Å². The molecule has 1 N–H and O–H groups in total. The maximum atomic E-state index is 13.7. The van der Waals surface area contributed by atoms with Crippen molar-refractivity contribution >= 4 is 29.3 Å². The summed E-state index contributed by atoms with van der Waals surface area (Å²) in [6.45, 7) is 2.83. The Morgan fingerprint density at radius 2 is 1.90 bits per heavy atom. The normalized spacial score (nSPS) is 18.3. The van der Waals surface area contributed by atoms with Crippen LogP contribution in [0.25, 0.3) is 0 Å². The highest BCUT2D eigenvalue weighted by atomic mass is 32.2. The SMILES string of the molecule is CCOC(=O)COC1C(=O)N(CCNC)c2ccccc2SC1c1ccc(OC)cc1. The lowest BCUT2D eigenvalue weighted by molar-refractivity contribution is -0.152. The van der Waals surface area contributed by atoms with Crippen molar-refractivity contribution < 1.29 is 23.8 Å². The number of fused-ring (bicyclic) bond motifs is 1. The standard InChI is InChI=1S/C23H28N2O5S/c1-4-29-20(26)15-30-21-22(16-9-11-17(28-3)12-10-16)31-19-8-6-5-7-18(19)25(23(21)27)14-13-24-2/h5-12,21-22,24H,4,13-15H2,1-3H3. The summed E-state index contributed by atoms with van der Waals surface area (Å²) in [6, 6.07) is 15.4. The first-order valence-corrected chi connectivity index (χ1v) is 11.1. The van der Waals surface area contributed by atoms with Crippen LogP contribution in [0.15, 0.2) is 53.4 Å². The molecule has 1 aliphatic rings. The van der Waals surface area contributed by atoms with Gasteiger partial charge in [0, 0.05) is 18.0 Å². The molecule has 7 nitrogen and oxygen atoms in total. The van der Waals surface area contributed by atoms with Gasteiger partial charge in [-0.25, -0.2) is 4.79 Å². The van der Waals surface area contributed by atoms with Crippen molar-refractivity contribution in [2.75, 3.05) is 45.4 Å². The van der Waals surface area contributed by atoms with Crippen molar-refractivity contribution in [2.45, 2.75) is 23.2 Å². The topological polar surface area (TPSA) is 77.1 Å². The molecule has 0 spiro atoms. The molecule has 2 aromatic carbocycles. The summed E-state index contributed by atoms with van der Waals surface area (Å²) in [5, 5.41) is 2.76. The first-order valence-electron chi connectivity index (χ1n) is 10.2. The molecule has 3 rings (SSSR count). The van der Waals surface area contributed by atoms with E-state index in [1.54, 1.807) is 30.7 Å². The number of benzene rings is 2. The zero-order chi connectivity index (χ0) is 22.2. The fourth-order valence-electron chi connectivity index (χ4n) is 3.39. The van der Waals surface area contributed by atoms with Crippen molar-refractivity contribution in [3.63, 3.8) is 0 Å².